The van der Waals surface area contributed by atoms with Gasteiger partial charge in [0.15, 0.2) is 0 Å². The summed E-state index contributed by atoms with van der Waals surface area (Å²) in [7, 11) is 2.07. The lowest BCUT2D eigenvalue weighted by Crippen LogP contribution is -2.47. The van der Waals surface area contributed by atoms with Gasteiger partial charge in [-0.3, -0.25) is 14.3 Å². The molecule has 4 rings (SSSR count). The van der Waals surface area contributed by atoms with Gasteiger partial charge in [-0.1, -0.05) is 6.07 Å². The van der Waals surface area contributed by atoms with Crippen LogP contribution >= 0.6 is 0 Å². The van der Waals surface area contributed by atoms with Crippen LogP contribution in [-0.4, -0.2) is 76.3 Å². The molecular formula is C22H29N5O3. The Morgan fingerprint density at radius 2 is 1.93 bits per heavy atom. The summed E-state index contributed by atoms with van der Waals surface area (Å²) in [6.07, 6.45) is 3.28. The predicted molar refractivity (Wildman–Crippen MR) is 113 cm³/mol. The summed E-state index contributed by atoms with van der Waals surface area (Å²) in [4.78, 5) is 29.6. The number of rotatable bonds is 4. The largest absolute Gasteiger partial charge is 0.507 e. The number of fused-ring (bicyclic) bond motifs is 1. The molecule has 30 heavy (non-hydrogen) atoms. The predicted octanol–water partition coefficient (Wildman–Crippen LogP) is 1.28. The standard InChI is InChI=1S/C22H29N5O3/c1-15-3-4-17(20(28)11-15)21(29)23-13-16-5-6-27-19(12-16)18(14-24-27)22(30)26-9-7-25(2)8-10-26/h3-4,11,14,16,28H,5-10,12-13H2,1-2H3,(H,23,29)/t16-/m0/s1. The number of phenols is 1. The van der Waals surface area contributed by atoms with Crippen LogP contribution in [0.5, 0.6) is 5.75 Å². The molecule has 0 unspecified atom stereocenters. The molecule has 0 aliphatic carbocycles. The van der Waals surface area contributed by atoms with Crippen LogP contribution in [0.15, 0.2) is 24.4 Å². The maximum atomic E-state index is 13.0. The number of aryl methyl sites for hydroxylation is 2. The van der Waals surface area contributed by atoms with Crippen LogP contribution in [0.4, 0.5) is 0 Å². The van der Waals surface area contributed by atoms with Gasteiger partial charge in [0, 0.05) is 39.3 Å². The van der Waals surface area contributed by atoms with Crippen molar-refractivity contribution in [3.8, 4) is 5.75 Å². The molecule has 0 radical (unpaired) electrons. The fourth-order valence-electron chi connectivity index (χ4n) is 4.20. The van der Waals surface area contributed by atoms with Crippen molar-refractivity contribution in [3.63, 3.8) is 0 Å². The van der Waals surface area contributed by atoms with E-state index in [1.807, 2.05) is 22.6 Å². The van der Waals surface area contributed by atoms with Crippen LogP contribution in [-0.2, 0) is 13.0 Å². The minimum absolute atomic E-state index is 0.00530. The minimum Gasteiger partial charge on any atom is -0.507 e. The van der Waals surface area contributed by atoms with E-state index in [9.17, 15) is 14.7 Å². The number of benzene rings is 1. The van der Waals surface area contributed by atoms with Crippen LogP contribution in [0.1, 0.15) is 38.4 Å². The zero-order chi connectivity index (χ0) is 21.3. The Labute approximate surface area is 176 Å². The van der Waals surface area contributed by atoms with Crippen molar-refractivity contribution in [2.75, 3.05) is 39.8 Å². The number of aromatic nitrogens is 2. The van der Waals surface area contributed by atoms with Crippen molar-refractivity contribution in [3.05, 3.63) is 46.8 Å². The van der Waals surface area contributed by atoms with E-state index < -0.39 is 0 Å². The maximum Gasteiger partial charge on any atom is 0.257 e. The number of aromatic hydroxyl groups is 1. The Morgan fingerprint density at radius 3 is 2.67 bits per heavy atom. The highest BCUT2D eigenvalue weighted by Gasteiger charge is 2.29. The van der Waals surface area contributed by atoms with Gasteiger partial charge in [0.1, 0.15) is 5.75 Å². The Bertz CT molecular complexity index is 946. The van der Waals surface area contributed by atoms with E-state index in [0.29, 0.717) is 18.5 Å². The van der Waals surface area contributed by atoms with Gasteiger partial charge in [0.2, 0.25) is 0 Å². The molecule has 160 valence electrons. The molecule has 1 atom stereocenters. The Kier molecular flexibility index (Phi) is 5.76. The van der Waals surface area contributed by atoms with Gasteiger partial charge < -0.3 is 20.2 Å². The molecule has 1 fully saturated rings. The van der Waals surface area contributed by atoms with E-state index >= 15 is 0 Å². The van der Waals surface area contributed by atoms with Gasteiger partial charge in [-0.15, -0.1) is 0 Å². The molecule has 8 heteroatoms. The van der Waals surface area contributed by atoms with Crippen molar-refractivity contribution in [2.24, 2.45) is 5.92 Å². The summed E-state index contributed by atoms with van der Waals surface area (Å²) in [5.41, 5.74) is 2.84. The van der Waals surface area contributed by atoms with Gasteiger partial charge in [-0.2, -0.15) is 5.10 Å². The lowest BCUT2D eigenvalue weighted by atomic mass is 9.94. The molecule has 3 heterocycles. The summed E-state index contributed by atoms with van der Waals surface area (Å²) in [5.74, 6) is -0.00186. The van der Waals surface area contributed by atoms with E-state index in [1.165, 1.54) is 0 Å². The maximum absolute atomic E-state index is 13.0. The topological polar surface area (TPSA) is 90.7 Å². The number of likely N-dealkylation sites (N-methyl/N-ethyl adjacent to an activating group) is 1. The number of amides is 2. The first kappa shape index (κ1) is 20.4. The number of piperazine rings is 1. The van der Waals surface area contributed by atoms with E-state index in [-0.39, 0.29) is 29.0 Å². The zero-order valence-corrected chi connectivity index (χ0v) is 17.6. The second-order valence-corrected chi connectivity index (χ2v) is 8.41. The van der Waals surface area contributed by atoms with E-state index in [1.54, 1.807) is 18.3 Å². The van der Waals surface area contributed by atoms with E-state index in [2.05, 4.69) is 22.4 Å². The third kappa shape index (κ3) is 4.18. The number of carbonyl (C=O) groups is 2. The Morgan fingerprint density at radius 1 is 1.17 bits per heavy atom. The third-order valence-corrected chi connectivity index (χ3v) is 6.15. The van der Waals surface area contributed by atoms with Gasteiger partial charge in [-0.05, 0) is 50.4 Å². The molecule has 2 amide bonds. The fraction of sp³-hybridized carbons (Fsp3) is 0.500. The lowest BCUT2D eigenvalue weighted by Gasteiger charge is -2.32. The second kappa shape index (κ2) is 8.47. The van der Waals surface area contributed by atoms with Crippen LogP contribution in [0.25, 0.3) is 0 Å². The SMILES string of the molecule is Cc1ccc(C(=O)NC[C@H]2CCn3ncc(C(=O)N4CCN(C)CC4)c3C2)c(O)c1. The summed E-state index contributed by atoms with van der Waals surface area (Å²) in [5, 5.41) is 17.4. The highest BCUT2D eigenvalue weighted by Crippen LogP contribution is 2.24. The average molecular weight is 412 g/mol. The van der Waals surface area contributed by atoms with Crippen LogP contribution in [0, 0.1) is 12.8 Å². The molecule has 1 aromatic heterocycles. The first-order valence-corrected chi connectivity index (χ1v) is 10.5. The fourth-order valence-corrected chi connectivity index (χ4v) is 4.20. The number of nitrogens with one attached hydrogen (secondary N) is 1. The van der Waals surface area contributed by atoms with Gasteiger partial charge in [-0.25, -0.2) is 0 Å². The Hall–Kier alpha value is -2.87. The molecule has 0 saturated carbocycles. The molecule has 0 bridgehead atoms. The molecule has 2 aromatic rings. The summed E-state index contributed by atoms with van der Waals surface area (Å²) in [6, 6.07) is 5.04. The monoisotopic (exact) mass is 411 g/mol. The van der Waals surface area contributed by atoms with E-state index in [0.717, 1.165) is 50.4 Å². The number of hydrogen-bond acceptors (Lipinski definition) is 5. The number of phenolic OH excluding ortho intramolecular Hbond substituents is 1. The first-order valence-electron chi connectivity index (χ1n) is 10.5. The molecule has 0 spiro atoms. The van der Waals surface area contributed by atoms with Gasteiger partial charge in [0.25, 0.3) is 11.8 Å². The normalized spacial score (nSPS) is 19.4. The van der Waals surface area contributed by atoms with Crippen molar-refractivity contribution in [1.82, 2.24) is 24.9 Å². The van der Waals surface area contributed by atoms with Gasteiger partial charge in [0.05, 0.1) is 23.0 Å². The number of hydrogen-bond donors (Lipinski definition) is 2. The molecule has 2 aliphatic heterocycles. The third-order valence-electron chi connectivity index (χ3n) is 6.15. The van der Waals surface area contributed by atoms with Crippen molar-refractivity contribution >= 4 is 11.8 Å². The van der Waals surface area contributed by atoms with Crippen LogP contribution < -0.4 is 5.32 Å². The highest BCUT2D eigenvalue weighted by molar-refractivity contribution is 5.97. The first-order chi connectivity index (χ1) is 14.4. The van der Waals surface area contributed by atoms with E-state index in [4.69, 9.17) is 0 Å². The molecule has 2 N–H and O–H groups in total. The second-order valence-electron chi connectivity index (χ2n) is 8.41. The van der Waals surface area contributed by atoms with Crippen molar-refractivity contribution in [2.45, 2.75) is 26.3 Å². The minimum atomic E-state index is -0.277. The van der Waals surface area contributed by atoms with Gasteiger partial charge >= 0.3 is 0 Å². The summed E-state index contributed by atoms with van der Waals surface area (Å²) in [6.45, 7) is 6.35. The highest BCUT2D eigenvalue weighted by atomic mass is 16.3. The summed E-state index contributed by atoms with van der Waals surface area (Å²) < 4.78 is 1.92. The van der Waals surface area contributed by atoms with Crippen LogP contribution in [0.3, 0.4) is 0 Å². The van der Waals surface area contributed by atoms with Crippen LogP contribution in [0.2, 0.25) is 0 Å². The number of nitrogens with zero attached hydrogens (tertiary/aromatic N) is 4. The smallest absolute Gasteiger partial charge is 0.257 e. The number of carbonyl (C=O) groups excluding carboxylic acids is 2. The molecule has 1 aromatic carbocycles. The molecule has 1 saturated heterocycles. The molecule has 2 aliphatic rings. The van der Waals surface area contributed by atoms with Crippen molar-refractivity contribution < 1.29 is 14.7 Å². The van der Waals surface area contributed by atoms with Crippen molar-refractivity contribution in [1.29, 1.82) is 0 Å². The lowest BCUT2D eigenvalue weighted by molar-refractivity contribution is 0.0661. The molecule has 8 nitrogen and oxygen atoms in total. The summed E-state index contributed by atoms with van der Waals surface area (Å²) >= 11 is 0. The zero-order valence-electron chi connectivity index (χ0n) is 17.6. The average Bonchev–Trinajstić information content (AvgIpc) is 3.15. The quantitative estimate of drug-likeness (QED) is 0.791. The Balaban J connectivity index is 1.39. The molecular weight excluding hydrogens is 382 g/mol.